The van der Waals surface area contributed by atoms with Gasteiger partial charge >= 0.3 is 0 Å². The maximum Gasteiger partial charge on any atom is 0.251 e. The van der Waals surface area contributed by atoms with Crippen molar-refractivity contribution in [2.45, 2.75) is 51.7 Å². The molecule has 1 aliphatic carbocycles. The van der Waals surface area contributed by atoms with Gasteiger partial charge in [-0.25, -0.2) is 0 Å². The molecule has 1 saturated carbocycles. The van der Waals surface area contributed by atoms with Gasteiger partial charge in [-0.2, -0.15) is 0 Å². The molecule has 1 aliphatic rings. The summed E-state index contributed by atoms with van der Waals surface area (Å²) in [4.78, 5) is 12.1. The van der Waals surface area contributed by atoms with Gasteiger partial charge in [0, 0.05) is 25.3 Å². The summed E-state index contributed by atoms with van der Waals surface area (Å²) in [6, 6.07) is 7.45. The molecule has 22 heavy (non-hydrogen) atoms. The molecular formula is C18H28N2O2. The zero-order chi connectivity index (χ0) is 15.8. The van der Waals surface area contributed by atoms with Crippen molar-refractivity contribution >= 4 is 5.91 Å². The van der Waals surface area contributed by atoms with Crippen LogP contribution in [-0.2, 0) is 11.3 Å². The lowest BCUT2D eigenvalue weighted by atomic mass is 9.98. The van der Waals surface area contributed by atoms with Crippen LogP contribution in [0.5, 0.6) is 0 Å². The Morgan fingerprint density at radius 2 is 2.00 bits per heavy atom. The zero-order valence-corrected chi connectivity index (χ0v) is 13.5. The number of carbonyl (C=O) groups is 1. The summed E-state index contributed by atoms with van der Waals surface area (Å²) in [6.07, 6.45) is 6.33. The molecule has 0 heterocycles. The Morgan fingerprint density at radius 3 is 2.59 bits per heavy atom. The third-order valence-corrected chi connectivity index (χ3v) is 4.47. The summed E-state index contributed by atoms with van der Waals surface area (Å²) in [7, 11) is 0. The van der Waals surface area contributed by atoms with Crippen molar-refractivity contribution in [2.24, 2.45) is 11.7 Å². The van der Waals surface area contributed by atoms with Gasteiger partial charge in [0.25, 0.3) is 5.91 Å². The van der Waals surface area contributed by atoms with E-state index in [0.29, 0.717) is 24.6 Å². The SMILES string of the molecule is CCOC(CCNC(=O)c1ccc(CN)cc1)C1CCCC1. The highest BCUT2D eigenvalue weighted by atomic mass is 16.5. The van der Waals surface area contributed by atoms with Gasteiger partial charge in [-0.1, -0.05) is 25.0 Å². The van der Waals surface area contributed by atoms with Gasteiger partial charge in [0.15, 0.2) is 0 Å². The predicted molar refractivity (Wildman–Crippen MR) is 88.7 cm³/mol. The second-order valence-corrected chi connectivity index (χ2v) is 5.98. The summed E-state index contributed by atoms with van der Waals surface area (Å²) in [5.74, 6) is 0.644. The molecule has 0 saturated heterocycles. The number of nitrogens with two attached hydrogens (primary N) is 1. The van der Waals surface area contributed by atoms with Crippen LogP contribution in [0.25, 0.3) is 0 Å². The Kier molecular flexibility index (Phi) is 6.87. The first-order valence-electron chi connectivity index (χ1n) is 8.43. The van der Waals surface area contributed by atoms with Crippen LogP contribution in [0.15, 0.2) is 24.3 Å². The quantitative estimate of drug-likeness (QED) is 0.776. The number of carbonyl (C=O) groups excluding carboxylic acids is 1. The molecule has 1 unspecified atom stereocenters. The van der Waals surface area contributed by atoms with Crippen LogP contribution < -0.4 is 11.1 Å². The molecule has 1 atom stereocenters. The summed E-state index contributed by atoms with van der Waals surface area (Å²) in [6.45, 7) is 3.95. The van der Waals surface area contributed by atoms with E-state index in [1.165, 1.54) is 25.7 Å². The van der Waals surface area contributed by atoms with Gasteiger partial charge in [0.1, 0.15) is 0 Å². The van der Waals surface area contributed by atoms with Gasteiger partial charge in [0.05, 0.1) is 6.10 Å². The average molecular weight is 304 g/mol. The number of ether oxygens (including phenoxy) is 1. The highest BCUT2D eigenvalue weighted by molar-refractivity contribution is 5.94. The lowest BCUT2D eigenvalue weighted by Gasteiger charge is -2.23. The Bertz CT molecular complexity index is 453. The minimum absolute atomic E-state index is 0.0229. The third-order valence-electron chi connectivity index (χ3n) is 4.47. The zero-order valence-electron chi connectivity index (χ0n) is 13.5. The highest BCUT2D eigenvalue weighted by Crippen LogP contribution is 2.30. The molecule has 1 aromatic rings. The standard InChI is InChI=1S/C18H28N2O2/c1-2-22-17(15-5-3-4-6-15)11-12-20-18(21)16-9-7-14(13-19)8-10-16/h7-10,15,17H,2-6,11-13,19H2,1H3,(H,20,21). The van der Waals surface area contributed by atoms with Gasteiger partial charge in [-0.05, 0) is 49.8 Å². The van der Waals surface area contributed by atoms with E-state index in [4.69, 9.17) is 10.5 Å². The van der Waals surface area contributed by atoms with E-state index in [9.17, 15) is 4.79 Å². The van der Waals surface area contributed by atoms with Crippen LogP contribution in [0.2, 0.25) is 0 Å². The van der Waals surface area contributed by atoms with Crippen molar-refractivity contribution in [2.75, 3.05) is 13.2 Å². The fraction of sp³-hybridized carbons (Fsp3) is 0.611. The van der Waals surface area contributed by atoms with Gasteiger partial charge in [0.2, 0.25) is 0 Å². The second kappa shape index (κ2) is 8.91. The number of hydrogen-bond acceptors (Lipinski definition) is 3. The lowest BCUT2D eigenvalue weighted by Crippen LogP contribution is -2.31. The average Bonchev–Trinajstić information content (AvgIpc) is 3.08. The number of benzene rings is 1. The minimum atomic E-state index is -0.0229. The number of amides is 1. The minimum Gasteiger partial charge on any atom is -0.378 e. The summed E-state index contributed by atoms with van der Waals surface area (Å²) in [5, 5.41) is 3.00. The van der Waals surface area contributed by atoms with Crippen LogP contribution in [0.3, 0.4) is 0 Å². The lowest BCUT2D eigenvalue weighted by molar-refractivity contribution is 0.0163. The van der Waals surface area contributed by atoms with Crippen LogP contribution in [0, 0.1) is 5.92 Å². The van der Waals surface area contributed by atoms with Crippen LogP contribution >= 0.6 is 0 Å². The molecule has 3 N–H and O–H groups in total. The molecule has 1 amide bonds. The fourth-order valence-corrected chi connectivity index (χ4v) is 3.22. The van der Waals surface area contributed by atoms with Crippen molar-refractivity contribution in [3.8, 4) is 0 Å². The van der Waals surface area contributed by atoms with E-state index in [1.807, 2.05) is 31.2 Å². The van der Waals surface area contributed by atoms with E-state index >= 15 is 0 Å². The first-order valence-corrected chi connectivity index (χ1v) is 8.43. The van der Waals surface area contributed by atoms with Crippen molar-refractivity contribution in [1.82, 2.24) is 5.32 Å². The number of rotatable bonds is 8. The van der Waals surface area contributed by atoms with Gasteiger partial charge in [-0.3, -0.25) is 4.79 Å². The fourth-order valence-electron chi connectivity index (χ4n) is 3.22. The molecule has 1 aromatic carbocycles. The summed E-state index contributed by atoms with van der Waals surface area (Å²) >= 11 is 0. The molecule has 0 aliphatic heterocycles. The molecule has 122 valence electrons. The first-order chi connectivity index (χ1) is 10.7. The maximum atomic E-state index is 12.1. The van der Waals surface area contributed by atoms with Crippen LogP contribution in [-0.4, -0.2) is 25.2 Å². The molecule has 0 aromatic heterocycles. The van der Waals surface area contributed by atoms with Crippen LogP contribution in [0.4, 0.5) is 0 Å². The monoisotopic (exact) mass is 304 g/mol. The van der Waals surface area contributed by atoms with E-state index in [0.717, 1.165) is 18.6 Å². The van der Waals surface area contributed by atoms with E-state index in [-0.39, 0.29) is 12.0 Å². The smallest absolute Gasteiger partial charge is 0.251 e. The topological polar surface area (TPSA) is 64.3 Å². The first kappa shape index (κ1) is 17.0. The molecule has 0 radical (unpaired) electrons. The third kappa shape index (κ3) is 4.82. The second-order valence-electron chi connectivity index (χ2n) is 5.98. The molecular weight excluding hydrogens is 276 g/mol. The van der Waals surface area contributed by atoms with Gasteiger partial charge in [-0.15, -0.1) is 0 Å². The Labute approximate surface area is 133 Å². The number of hydrogen-bond donors (Lipinski definition) is 2. The van der Waals surface area contributed by atoms with Crippen molar-refractivity contribution in [3.63, 3.8) is 0 Å². The largest absolute Gasteiger partial charge is 0.378 e. The molecule has 4 heteroatoms. The summed E-state index contributed by atoms with van der Waals surface area (Å²) < 4.78 is 5.88. The van der Waals surface area contributed by atoms with E-state index < -0.39 is 0 Å². The Hall–Kier alpha value is -1.39. The summed E-state index contributed by atoms with van der Waals surface area (Å²) in [5.41, 5.74) is 7.29. The molecule has 2 rings (SSSR count). The Morgan fingerprint density at radius 1 is 1.32 bits per heavy atom. The van der Waals surface area contributed by atoms with E-state index in [2.05, 4.69) is 5.32 Å². The van der Waals surface area contributed by atoms with Crippen molar-refractivity contribution in [3.05, 3.63) is 35.4 Å². The molecule has 0 spiro atoms. The van der Waals surface area contributed by atoms with Crippen molar-refractivity contribution < 1.29 is 9.53 Å². The highest BCUT2D eigenvalue weighted by Gasteiger charge is 2.25. The predicted octanol–water partition coefficient (Wildman–Crippen LogP) is 2.86. The number of nitrogens with one attached hydrogen (secondary N) is 1. The van der Waals surface area contributed by atoms with Crippen LogP contribution in [0.1, 0.15) is 54.9 Å². The van der Waals surface area contributed by atoms with Crippen molar-refractivity contribution in [1.29, 1.82) is 0 Å². The molecule has 0 bridgehead atoms. The molecule has 4 nitrogen and oxygen atoms in total. The Balaban J connectivity index is 1.78. The van der Waals surface area contributed by atoms with E-state index in [1.54, 1.807) is 0 Å². The maximum absolute atomic E-state index is 12.1. The normalized spacial score (nSPS) is 16.6. The van der Waals surface area contributed by atoms with Gasteiger partial charge < -0.3 is 15.8 Å². The molecule has 1 fully saturated rings.